The Morgan fingerprint density at radius 2 is 1.73 bits per heavy atom. The van der Waals surface area contributed by atoms with E-state index >= 15 is 0 Å². The number of hydrogen-bond acceptors (Lipinski definition) is 1. The van der Waals surface area contributed by atoms with Crippen molar-refractivity contribution in [2.75, 3.05) is 0 Å². The van der Waals surface area contributed by atoms with E-state index in [9.17, 15) is 8.78 Å². The van der Waals surface area contributed by atoms with Gasteiger partial charge in [0.2, 0.25) is 0 Å². The van der Waals surface area contributed by atoms with Crippen LogP contribution in [0.4, 0.5) is 8.78 Å². The molecule has 0 aliphatic carbocycles. The lowest BCUT2D eigenvalue weighted by Crippen LogP contribution is -1.87. The predicted octanol–water partition coefficient (Wildman–Crippen LogP) is 3.68. The molecular weight excluding hydrogens is 220 g/mol. The van der Waals surface area contributed by atoms with Crippen LogP contribution in [0.15, 0.2) is 36.5 Å². The van der Waals surface area contributed by atoms with Gasteiger partial charge in [-0.1, -0.05) is 23.7 Å². The Bertz CT molecular complexity index is 482. The van der Waals surface area contributed by atoms with E-state index in [0.29, 0.717) is 11.1 Å². The first-order valence-corrected chi connectivity index (χ1v) is 4.61. The minimum Gasteiger partial charge on any atom is -0.244 e. The summed E-state index contributed by atoms with van der Waals surface area (Å²) in [6, 6.07) is 6.64. The van der Waals surface area contributed by atoms with Crippen molar-refractivity contribution in [1.82, 2.24) is 4.98 Å². The molecule has 0 saturated carbocycles. The summed E-state index contributed by atoms with van der Waals surface area (Å²) < 4.78 is 26.1. The molecule has 0 amide bonds. The molecule has 0 aliphatic rings. The molecule has 0 bridgehead atoms. The molecule has 0 aliphatic heterocycles. The molecule has 0 radical (unpaired) electrons. The summed E-state index contributed by atoms with van der Waals surface area (Å²) >= 11 is 5.52. The maximum absolute atomic E-state index is 13.4. The third-order valence-corrected chi connectivity index (χ3v) is 2.18. The molecule has 4 heteroatoms. The van der Waals surface area contributed by atoms with Crippen LogP contribution in [0.3, 0.4) is 0 Å². The highest BCUT2D eigenvalue weighted by Crippen LogP contribution is 2.23. The lowest BCUT2D eigenvalue weighted by Gasteiger charge is -2.02. The highest BCUT2D eigenvalue weighted by molar-refractivity contribution is 6.29. The van der Waals surface area contributed by atoms with Crippen molar-refractivity contribution in [1.29, 1.82) is 0 Å². The van der Waals surface area contributed by atoms with Gasteiger partial charge in [0, 0.05) is 17.8 Å². The molecular formula is C11H6ClF2N. The fourth-order valence-corrected chi connectivity index (χ4v) is 1.39. The molecule has 15 heavy (non-hydrogen) atoms. The maximum atomic E-state index is 13.4. The van der Waals surface area contributed by atoms with Crippen LogP contribution in [0.25, 0.3) is 11.1 Å². The molecule has 0 spiro atoms. The average Bonchev–Trinajstić information content (AvgIpc) is 2.20. The maximum Gasteiger partial charge on any atom is 0.135 e. The summed E-state index contributed by atoms with van der Waals surface area (Å²) in [5.41, 5.74) is 0.873. The highest BCUT2D eigenvalue weighted by atomic mass is 35.5. The van der Waals surface area contributed by atoms with E-state index in [2.05, 4.69) is 4.98 Å². The molecule has 0 N–H and O–H groups in total. The molecule has 0 unspecified atom stereocenters. The summed E-state index contributed by atoms with van der Waals surface area (Å²) in [7, 11) is 0. The van der Waals surface area contributed by atoms with E-state index in [4.69, 9.17) is 11.6 Å². The van der Waals surface area contributed by atoms with Crippen LogP contribution in [0.1, 0.15) is 0 Å². The van der Waals surface area contributed by atoms with Gasteiger partial charge in [0.1, 0.15) is 16.8 Å². The second kappa shape index (κ2) is 3.95. The van der Waals surface area contributed by atoms with E-state index in [0.717, 1.165) is 6.07 Å². The van der Waals surface area contributed by atoms with Crippen molar-refractivity contribution in [2.24, 2.45) is 0 Å². The average molecular weight is 226 g/mol. The quantitative estimate of drug-likeness (QED) is 0.675. The Labute approximate surface area is 90.3 Å². The second-order valence-corrected chi connectivity index (χ2v) is 3.38. The monoisotopic (exact) mass is 225 g/mol. The van der Waals surface area contributed by atoms with Crippen LogP contribution >= 0.6 is 11.6 Å². The Morgan fingerprint density at radius 3 is 2.33 bits per heavy atom. The molecule has 1 heterocycles. The van der Waals surface area contributed by atoms with Crippen LogP contribution in [-0.2, 0) is 0 Å². The Balaban J connectivity index is 2.49. The first kappa shape index (κ1) is 10.1. The third-order valence-electron chi connectivity index (χ3n) is 1.98. The lowest BCUT2D eigenvalue weighted by atomic mass is 10.1. The minimum atomic E-state index is -0.471. The van der Waals surface area contributed by atoms with Crippen molar-refractivity contribution >= 4 is 11.6 Å². The van der Waals surface area contributed by atoms with Gasteiger partial charge in [-0.3, -0.25) is 0 Å². The van der Waals surface area contributed by atoms with Crippen LogP contribution in [0, 0.1) is 11.6 Å². The normalized spacial score (nSPS) is 10.3. The molecule has 76 valence electrons. The van der Waals surface area contributed by atoms with Crippen LogP contribution < -0.4 is 0 Å². The number of benzene rings is 1. The minimum absolute atomic E-state index is 0.0957. The summed E-state index contributed by atoms with van der Waals surface area (Å²) in [5.74, 6) is -0.831. The van der Waals surface area contributed by atoms with Crippen LogP contribution in [0.5, 0.6) is 0 Å². The van der Waals surface area contributed by atoms with Gasteiger partial charge in [0.15, 0.2) is 0 Å². The zero-order chi connectivity index (χ0) is 10.8. The highest BCUT2D eigenvalue weighted by Gasteiger charge is 2.06. The van der Waals surface area contributed by atoms with Gasteiger partial charge in [0.05, 0.1) is 0 Å². The summed E-state index contributed by atoms with van der Waals surface area (Å²) in [6.45, 7) is 0. The van der Waals surface area contributed by atoms with Gasteiger partial charge in [-0.2, -0.15) is 0 Å². The van der Waals surface area contributed by atoms with Crippen molar-refractivity contribution in [3.05, 3.63) is 53.3 Å². The molecule has 1 nitrogen and oxygen atoms in total. The zero-order valence-corrected chi connectivity index (χ0v) is 8.30. The van der Waals surface area contributed by atoms with Gasteiger partial charge < -0.3 is 0 Å². The molecule has 0 fully saturated rings. The molecule has 2 aromatic rings. The Morgan fingerprint density at radius 1 is 1.07 bits per heavy atom. The standard InChI is InChI=1S/C11H6ClF2N/c12-11-5-10(14)9(6-15-11)7-1-3-8(13)4-2-7/h1-6H. The number of halogens is 3. The number of nitrogens with zero attached hydrogens (tertiary/aromatic N) is 1. The van der Waals surface area contributed by atoms with Crippen molar-refractivity contribution in [2.45, 2.75) is 0 Å². The predicted molar refractivity (Wildman–Crippen MR) is 54.6 cm³/mol. The van der Waals surface area contributed by atoms with Crippen molar-refractivity contribution < 1.29 is 8.78 Å². The molecule has 0 saturated heterocycles. The van der Waals surface area contributed by atoms with Gasteiger partial charge in [0.25, 0.3) is 0 Å². The SMILES string of the molecule is Fc1ccc(-c2cnc(Cl)cc2F)cc1. The lowest BCUT2D eigenvalue weighted by molar-refractivity contribution is 0.625. The summed E-state index contributed by atoms with van der Waals surface area (Å²) in [4.78, 5) is 3.77. The zero-order valence-electron chi connectivity index (χ0n) is 7.55. The first-order chi connectivity index (χ1) is 7.16. The van der Waals surface area contributed by atoms with Crippen molar-refractivity contribution in [3.8, 4) is 11.1 Å². The van der Waals surface area contributed by atoms with E-state index in [1.54, 1.807) is 0 Å². The fourth-order valence-electron chi connectivity index (χ4n) is 1.25. The first-order valence-electron chi connectivity index (χ1n) is 4.24. The van der Waals surface area contributed by atoms with Gasteiger partial charge in [-0.15, -0.1) is 0 Å². The summed E-state index contributed by atoms with van der Waals surface area (Å²) in [5, 5.41) is 0.0957. The Hall–Kier alpha value is -1.48. The molecule has 1 aromatic carbocycles. The van der Waals surface area contributed by atoms with Gasteiger partial charge in [-0.25, -0.2) is 13.8 Å². The smallest absolute Gasteiger partial charge is 0.135 e. The van der Waals surface area contributed by atoms with Gasteiger partial charge in [-0.05, 0) is 17.7 Å². The van der Waals surface area contributed by atoms with Crippen molar-refractivity contribution in [3.63, 3.8) is 0 Å². The Kier molecular flexibility index (Phi) is 2.64. The number of rotatable bonds is 1. The number of pyridine rings is 1. The molecule has 0 atom stereocenters. The van der Waals surface area contributed by atoms with Crippen LogP contribution in [0.2, 0.25) is 5.15 Å². The third kappa shape index (κ3) is 2.13. The largest absolute Gasteiger partial charge is 0.244 e. The number of hydrogen-bond donors (Lipinski definition) is 0. The molecule has 1 aromatic heterocycles. The molecule has 2 rings (SSSR count). The van der Waals surface area contributed by atoms with E-state index in [-0.39, 0.29) is 11.0 Å². The summed E-state index contributed by atoms with van der Waals surface area (Å²) in [6.07, 6.45) is 1.32. The topological polar surface area (TPSA) is 12.9 Å². The van der Waals surface area contributed by atoms with E-state index < -0.39 is 5.82 Å². The fraction of sp³-hybridized carbons (Fsp3) is 0. The number of aromatic nitrogens is 1. The van der Waals surface area contributed by atoms with Gasteiger partial charge >= 0.3 is 0 Å². The second-order valence-electron chi connectivity index (χ2n) is 2.99. The van der Waals surface area contributed by atoms with E-state index in [1.165, 1.54) is 30.5 Å². The van der Waals surface area contributed by atoms with E-state index in [1.807, 2.05) is 0 Å². The van der Waals surface area contributed by atoms with Crippen LogP contribution in [-0.4, -0.2) is 4.98 Å².